The van der Waals surface area contributed by atoms with Crippen LogP contribution in [0.1, 0.15) is 22.3 Å². The number of thioether (sulfide) groups is 1. The zero-order chi connectivity index (χ0) is 19.1. The maximum Gasteiger partial charge on any atom is 0.265 e. The molecule has 0 aromatic heterocycles. The average Bonchev–Trinajstić information content (AvgIpc) is 3.09. The number of thiocarbonyl (C=S) groups is 1. The molecule has 2 aliphatic heterocycles. The van der Waals surface area contributed by atoms with Gasteiger partial charge in [-0.3, -0.25) is 14.5 Å². The summed E-state index contributed by atoms with van der Waals surface area (Å²) in [6.45, 7) is 0. The topological polar surface area (TPSA) is 74.8 Å². The molecular formula is C17H18N2O4S3. The number of carbonyl (C=O) groups is 2. The third-order valence-corrected chi connectivity index (χ3v) is 7.75. The van der Waals surface area contributed by atoms with Crippen molar-refractivity contribution in [3.05, 3.63) is 40.3 Å². The van der Waals surface area contributed by atoms with Crippen molar-refractivity contribution in [2.45, 2.75) is 12.5 Å². The van der Waals surface area contributed by atoms with Gasteiger partial charge in [-0.05, 0) is 30.2 Å². The van der Waals surface area contributed by atoms with E-state index in [-0.39, 0.29) is 29.4 Å². The molecule has 0 N–H and O–H groups in total. The van der Waals surface area contributed by atoms with E-state index in [9.17, 15) is 18.0 Å². The Hall–Kier alpha value is -1.71. The Kier molecular flexibility index (Phi) is 5.23. The van der Waals surface area contributed by atoms with Gasteiger partial charge in [0.2, 0.25) is 0 Å². The monoisotopic (exact) mass is 410 g/mol. The van der Waals surface area contributed by atoms with Crippen molar-refractivity contribution in [3.8, 4) is 0 Å². The molecule has 1 aromatic carbocycles. The smallest absolute Gasteiger partial charge is 0.265 e. The van der Waals surface area contributed by atoms with Crippen LogP contribution in [0.2, 0.25) is 0 Å². The molecule has 2 saturated heterocycles. The van der Waals surface area contributed by atoms with Crippen molar-refractivity contribution in [1.82, 2.24) is 9.80 Å². The van der Waals surface area contributed by atoms with E-state index >= 15 is 0 Å². The van der Waals surface area contributed by atoms with E-state index in [4.69, 9.17) is 12.2 Å². The van der Waals surface area contributed by atoms with Gasteiger partial charge in [0.15, 0.2) is 9.84 Å². The number of carbonyl (C=O) groups excluding carboxylic acids is 2. The van der Waals surface area contributed by atoms with Gasteiger partial charge in [0.05, 0.1) is 16.4 Å². The Balaban J connectivity index is 1.72. The molecule has 2 fully saturated rings. The summed E-state index contributed by atoms with van der Waals surface area (Å²) in [5.74, 6) is -0.198. The first-order valence-electron chi connectivity index (χ1n) is 7.97. The van der Waals surface area contributed by atoms with Crippen LogP contribution in [0.5, 0.6) is 0 Å². The highest BCUT2D eigenvalue weighted by atomic mass is 32.2. The van der Waals surface area contributed by atoms with Gasteiger partial charge in [-0.15, -0.1) is 0 Å². The number of amides is 2. The predicted molar refractivity (Wildman–Crippen MR) is 107 cm³/mol. The van der Waals surface area contributed by atoms with E-state index in [1.54, 1.807) is 44.4 Å². The van der Waals surface area contributed by atoms with Crippen LogP contribution in [0.25, 0.3) is 6.08 Å². The molecule has 9 heteroatoms. The second-order valence-corrected chi connectivity index (χ2v) is 10.2. The minimum atomic E-state index is -3.04. The van der Waals surface area contributed by atoms with Crippen molar-refractivity contribution in [2.75, 3.05) is 25.6 Å². The quantitative estimate of drug-likeness (QED) is 0.559. The molecule has 2 heterocycles. The first-order chi connectivity index (χ1) is 12.2. The number of likely N-dealkylation sites (N-methyl/N-ethyl adjacent to an activating group) is 1. The number of benzene rings is 1. The third-order valence-electron chi connectivity index (χ3n) is 4.52. The molecule has 0 bridgehead atoms. The largest absolute Gasteiger partial charge is 0.338 e. The number of rotatable bonds is 3. The van der Waals surface area contributed by atoms with Crippen molar-refractivity contribution in [3.63, 3.8) is 0 Å². The molecule has 0 radical (unpaired) electrons. The summed E-state index contributed by atoms with van der Waals surface area (Å²) in [6.07, 6.45) is 2.21. The van der Waals surface area contributed by atoms with E-state index in [0.717, 1.165) is 5.56 Å². The van der Waals surface area contributed by atoms with Gasteiger partial charge >= 0.3 is 0 Å². The summed E-state index contributed by atoms with van der Waals surface area (Å²) in [6, 6.07) is 6.60. The number of sulfone groups is 1. The Morgan fingerprint density at radius 1 is 1.35 bits per heavy atom. The maximum absolute atomic E-state index is 12.6. The fraction of sp³-hybridized carbons (Fsp3) is 0.353. The standard InChI is InChI=1S/C17H18N2O4S3/c1-18(13-7-8-26(22,23)10-13)15(20)12-5-3-11(4-6-12)9-14-16(21)19(2)17(24)25-14/h3-6,9,13H,7-8,10H2,1-2H3/b14-9+. The fourth-order valence-corrected chi connectivity index (χ4v) is 5.82. The zero-order valence-corrected chi connectivity index (χ0v) is 16.8. The van der Waals surface area contributed by atoms with Crippen molar-refractivity contribution in [2.24, 2.45) is 0 Å². The Labute approximate surface area is 162 Å². The highest BCUT2D eigenvalue weighted by Crippen LogP contribution is 2.31. The summed E-state index contributed by atoms with van der Waals surface area (Å²) in [4.78, 5) is 28.1. The van der Waals surface area contributed by atoms with Gasteiger partial charge < -0.3 is 4.90 Å². The molecule has 0 saturated carbocycles. The zero-order valence-electron chi connectivity index (χ0n) is 14.3. The molecule has 1 unspecified atom stereocenters. The molecular weight excluding hydrogens is 392 g/mol. The van der Waals surface area contributed by atoms with Crippen LogP contribution in [0.15, 0.2) is 29.2 Å². The Bertz CT molecular complexity index is 906. The van der Waals surface area contributed by atoms with Gasteiger partial charge in [0.25, 0.3) is 11.8 Å². The van der Waals surface area contributed by atoms with E-state index < -0.39 is 9.84 Å². The molecule has 3 rings (SSSR count). The second-order valence-electron chi connectivity index (χ2n) is 6.34. The lowest BCUT2D eigenvalue weighted by Crippen LogP contribution is -2.37. The van der Waals surface area contributed by atoms with Gasteiger partial charge in [0, 0.05) is 25.7 Å². The van der Waals surface area contributed by atoms with Gasteiger partial charge in [-0.1, -0.05) is 36.1 Å². The fourth-order valence-electron chi connectivity index (χ4n) is 2.87. The van der Waals surface area contributed by atoms with Crippen molar-refractivity contribution in [1.29, 1.82) is 0 Å². The number of hydrogen-bond donors (Lipinski definition) is 0. The van der Waals surface area contributed by atoms with Crippen LogP contribution in [0.3, 0.4) is 0 Å². The highest BCUT2D eigenvalue weighted by Gasteiger charge is 2.33. The summed E-state index contributed by atoms with van der Waals surface area (Å²) >= 11 is 6.34. The minimum absolute atomic E-state index is 0.0200. The lowest BCUT2D eigenvalue weighted by atomic mass is 10.1. The first-order valence-corrected chi connectivity index (χ1v) is 11.0. The Morgan fingerprint density at radius 3 is 2.50 bits per heavy atom. The van der Waals surface area contributed by atoms with E-state index in [2.05, 4.69) is 0 Å². The molecule has 138 valence electrons. The van der Waals surface area contributed by atoms with Gasteiger partial charge in [0.1, 0.15) is 4.32 Å². The lowest BCUT2D eigenvalue weighted by Gasteiger charge is -2.23. The molecule has 26 heavy (non-hydrogen) atoms. The van der Waals surface area contributed by atoms with Crippen LogP contribution in [-0.4, -0.2) is 66.0 Å². The van der Waals surface area contributed by atoms with Crippen LogP contribution in [-0.2, 0) is 14.6 Å². The molecule has 1 aromatic rings. The molecule has 2 amide bonds. The normalized spacial score (nSPS) is 23.7. The summed E-state index contributed by atoms with van der Waals surface area (Å²) in [5, 5.41) is 0. The van der Waals surface area contributed by atoms with Crippen molar-refractivity contribution >= 4 is 56.0 Å². The molecule has 6 nitrogen and oxygen atoms in total. The van der Waals surface area contributed by atoms with Crippen LogP contribution < -0.4 is 0 Å². The van der Waals surface area contributed by atoms with Crippen LogP contribution in [0, 0.1) is 0 Å². The lowest BCUT2D eigenvalue weighted by molar-refractivity contribution is -0.121. The van der Waals surface area contributed by atoms with E-state index in [1.165, 1.54) is 21.6 Å². The maximum atomic E-state index is 12.6. The molecule has 2 aliphatic rings. The molecule has 0 spiro atoms. The van der Waals surface area contributed by atoms with Gasteiger partial charge in [-0.2, -0.15) is 0 Å². The predicted octanol–water partition coefficient (Wildman–Crippen LogP) is 1.78. The van der Waals surface area contributed by atoms with Crippen LogP contribution in [0.4, 0.5) is 0 Å². The first kappa shape index (κ1) is 19.1. The second kappa shape index (κ2) is 7.13. The number of hydrogen-bond acceptors (Lipinski definition) is 6. The highest BCUT2D eigenvalue weighted by molar-refractivity contribution is 8.26. The van der Waals surface area contributed by atoms with Gasteiger partial charge in [-0.25, -0.2) is 8.42 Å². The summed E-state index contributed by atoms with van der Waals surface area (Å²) < 4.78 is 23.7. The van der Waals surface area contributed by atoms with E-state index in [1.807, 2.05) is 0 Å². The molecule has 0 aliphatic carbocycles. The average molecular weight is 411 g/mol. The van der Waals surface area contributed by atoms with Crippen molar-refractivity contribution < 1.29 is 18.0 Å². The number of nitrogens with zero attached hydrogens (tertiary/aromatic N) is 2. The molecule has 1 atom stereocenters. The SMILES string of the molecule is CN1C(=O)/C(=C\c2ccc(C(=O)N(C)C3CCS(=O)(=O)C3)cc2)SC1=S. The third kappa shape index (κ3) is 3.84. The minimum Gasteiger partial charge on any atom is -0.338 e. The van der Waals surface area contributed by atoms with Crippen LogP contribution >= 0.6 is 24.0 Å². The Morgan fingerprint density at radius 2 is 2.00 bits per heavy atom. The summed E-state index contributed by atoms with van der Waals surface area (Å²) in [7, 11) is 0.231. The summed E-state index contributed by atoms with van der Waals surface area (Å²) in [5.41, 5.74) is 1.28. The van der Waals surface area contributed by atoms with E-state index in [0.29, 0.717) is 21.2 Å².